The molecule has 0 amide bonds. The Labute approximate surface area is 207 Å². The Morgan fingerprint density at radius 2 is 1.77 bits per heavy atom. The summed E-state index contributed by atoms with van der Waals surface area (Å²) in [5, 5.41) is 5.77. The number of hydrogen-bond donors (Lipinski definition) is 0. The molecule has 4 rings (SSSR count). The number of benzene rings is 2. The second-order valence-corrected chi connectivity index (χ2v) is 9.11. The Morgan fingerprint density at radius 3 is 2.37 bits per heavy atom. The minimum atomic E-state index is -4.54. The average Bonchev–Trinajstić information content (AvgIpc) is 3.17. The van der Waals surface area contributed by atoms with Gasteiger partial charge in [0.15, 0.2) is 0 Å². The van der Waals surface area contributed by atoms with E-state index in [-0.39, 0.29) is 12.5 Å². The number of rotatable bonds is 7. The van der Waals surface area contributed by atoms with Gasteiger partial charge in [0.1, 0.15) is 29.6 Å². The van der Waals surface area contributed by atoms with Crippen molar-refractivity contribution in [1.82, 2.24) is 0 Å². The van der Waals surface area contributed by atoms with Crippen LogP contribution < -0.4 is 19.4 Å². The van der Waals surface area contributed by atoms with E-state index < -0.39 is 23.8 Å². The maximum absolute atomic E-state index is 13.4. The van der Waals surface area contributed by atoms with Crippen molar-refractivity contribution in [1.29, 1.82) is 0 Å². The molecule has 2 atom stereocenters. The molecule has 2 unspecified atom stereocenters. The van der Waals surface area contributed by atoms with E-state index in [2.05, 4.69) is 10.0 Å². The topological polar surface area (TPSA) is 54.4 Å². The van der Waals surface area contributed by atoms with Crippen molar-refractivity contribution in [2.45, 2.75) is 44.5 Å². The van der Waals surface area contributed by atoms with Crippen LogP contribution in [0.4, 0.5) is 24.5 Å². The summed E-state index contributed by atoms with van der Waals surface area (Å²) in [6.45, 7) is 2.98. The van der Waals surface area contributed by atoms with E-state index in [1.807, 2.05) is 18.2 Å². The van der Waals surface area contributed by atoms with E-state index in [9.17, 15) is 18.0 Å². The van der Waals surface area contributed by atoms with Crippen LogP contribution in [0.5, 0.6) is 11.5 Å². The molecule has 2 aliphatic heterocycles. The molecule has 1 saturated heterocycles. The summed E-state index contributed by atoms with van der Waals surface area (Å²) in [6, 6.07) is 11.7. The number of halogens is 4. The van der Waals surface area contributed by atoms with Gasteiger partial charge in [0, 0.05) is 44.3 Å². The molecule has 2 heterocycles. The van der Waals surface area contributed by atoms with Gasteiger partial charge in [-0.2, -0.15) is 18.3 Å². The zero-order chi connectivity index (χ0) is 25.2. The molecule has 0 saturated carbocycles. The highest BCUT2D eigenvalue weighted by Crippen LogP contribution is 2.37. The Bertz CT molecular complexity index is 1070. The summed E-state index contributed by atoms with van der Waals surface area (Å²) >= 11 is 6.37. The van der Waals surface area contributed by atoms with Crippen LogP contribution in [0.15, 0.2) is 47.6 Å². The van der Waals surface area contributed by atoms with Gasteiger partial charge >= 0.3 is 6.18 Å². The lowest BCUT2D eigenvalue weighted by Crippen LogP contribution is -2.38. The fourth-order valence-corrected chi connectivity index (χ4v) is 4.83. The number of hydrazone groups is 1. The van der Waals surface area contributed by atoms with E-state index in [4.69, 9.17) is 21.1 Å². The molecular weight excluding hydrogens is 483 g/mol. The molecule has 2 aromatic rings. The molecule has 2 aromatic carbocycles. The molecule has 35 heavy (non-hydrogen) atoms. The highest BCUT2D eigenvalue weighted by molar-refractivity contribution is 6.33. The predicted octanol–water partition coefficient (Wildman–Crippen LogP) is 5.73. The summed E-state index contributed by atoms with van der Waals surface area (Å²) in [4.78, 5) is 13.3. The first-order valence-electron chi connectivity index (χ1n) is 11.4. The van der Waals surface area contributed by atoms with Crippen molar-refractivity contribution >= 4 is 35.0 Å². The van der Waals surface area contributed by atoms with Gasteiger partial charge in [-0.05, 0) is 36.4 Å². The van der Waals surface area contributed by atoms with Crippen LogP contribution in [0.2, 0.25) is 5.02 Å². The Balaban J connectivity index is 1.39. The van der Waals surface area contributed by atoms with Crippen molar-refractivity contribution in [3.8, 4) is 11.5 Å². The van der Waals surface area contributed by atoms with Crippen molar-refractivity contribution in [2.24, 2.45) is 11.0 Å². The molecule has 0 aromatic heterocycles. The molecule has 1 fully saturated rings. The van der Waals surface area contributed by atoms with E-state index in [0.717, 1.165) is 37.4 Å². The molecule has 0 spiro atoms. The third-order valence-electron chi connectivity index (χ3n) is 6.51. The molecule has 0 radical (unpaired) electrons. The lowest BCUT2D eigenvalue weighted by Gasteiger charge is -2.34. The van der Waals surface area contributed by atoms with Gasteiger partial charge < -0.3 is 19.2 Å². The zero-order valence-corrected chi connectivity index (χ0v) is 20.2. The predicted molar refractivity (Wildman–Crippen MR) is 130 cm³/mol. The number of nitrogens with zero attached hydrogens (tertiary/aromatic N) is 3. The number of carbonyl (C=O) groups is 1. The maximum Gasteiger partial charge on any atom is 0.431 e. The van der Waals surface area contributed by atoms with Crippen LogP contribution in [-0.4, -0.2) is 50.5 Å². The number of piperidine rings is 1. The first-order valence-corrected chi connectivity index (χ1v) is 11.8. The van der Waals surface area contributed by atoms with Gasteiger partial charge in [0.2, 0.25) is 0 Å². The van der Waals surface area contributed by atoms with Gasteiger partial charge in [-0.1, -0.05) is 18.5 Å². The maximum atomic E-state index is 13.4. The van der Waals surface area contributed by atoms with Crippen molar-refractivity contribution < 1.29 is 27.4 Å². The highest BCUT2D eigenvalue weighted by Gasteiger charge is 2.48. The second-order valence-electron chi connectivity index (χ2n) is 8.70. The third-order valence-corrected chi connectivity index (χ3v) is 6.83. The minimum Gasteiger partial charge on any atom is -0.497 e. The van der Waals surface area contributed by atoms with E-state index in [0.29, 0.717) is 22.7 Å². The Morgan fingerprint density at radius 1 is 1.11 bits per heavy atom. The van der Waals surface area contributed by atoms with Gasteiger partial charge in [-0.3, -0.25) is 5.01 Å². The monoisotopic (exact) mass is 509 g/mol. The van der Waals surface area contributed by atoms with Gasteiger partial charge in [0.25, 0.3) is 0 Å². The molecule has 188 valence electrons. The van der Waals surface area contributed by atoms with Crippen LogP contribution in [0.25, 0.3) is 0 Å². The summed E-state index contributed by atoms with van der Waals surface area (Å²) in [6.07, 6.45) is -2.36. The largest absolute Gasteiger partial charge is 0.497 e. The number of hydrogen-bond acceptors (Lipinski definition) is 6. The molecule has 0 aliphatic carbocycles. The second kappa shape index (κ2) is 10.4. The minimum absolute atomic E-state index is 0.00552. The SMILES string of the molecule is COc1ccc(Cl)c(N2CCC(Oc3ccc(N4N=C(C(F)(F)F)C(C)C4CC=O)cc3)CC2)c1. The van der Waals surface area contributed by atoms with Crippen LogP contribution in [0.1, 0.15) is 26.2 Å². The summed E-state index contributed by atoms with van der Waals surface area (Å²) in [5.41, 5.74) is 0.544. The smallest absolute Gasteiger partial charge is 0.431 e. The zero-order valence-electron chi connectivity index (χ0n) is 19.5. The van der Waals surface area contributed by atoms with Gasteiger partial charge in [-0.25, -0.2) is 0 Å². The van der Waals surface area contributed by atoms with Crippen LogP contribution in [0, 0.1) is 5.92 Å². The number of methoxy groups -OCH3 is 1. The summed E-state index contributed by atoms with van der Waals surface area (Å²) in [5.74, 6) is 0.475. The van der Waals surface area contributed by atoms with Gasteiger partial charge in [0.05, 0.1) is 29.5 Å². The quantitative estimate of drug-likeness (QED) is 0.446. The molecule has 6 nitrogen and oxygen atoms in total. The third kappa shape index (κ3) is 5.50. The standard InChI is InChI=1S/C25H27ClF3N3O3/c1-16-22(11-14-33)32(30-24(16)25(27,28)29)17-3-5-18(6-4-17)35-19-9-12-31(13-10-19)23-15-20(34-2)7-8-21(23)26/h3-8,14-16,19,22H,9-13H2,1-2H3. The molecule has 0 bridgehead atoms. The van der Waals surface area contributed by atoms with Crippen LogP contribution in [0.3, 0.4) is 0 Å². The van der Waals surface area contributed by atoms with Crippen molar-refractivity contribution in [3.05, 3.63) is 47.5 Å². The first kappa shape index (κ1) is 25.2. The Kier molecular flexibility index (Phi) is 7.44. The lowest BCUT2D eigenvalue weighted by molar-refractivity contribution is -0.108. The number of ether oxygens (including phenoxy) is 2. The van der Waals surface area contributed by atoms with Crippen molar-refractivity contribution in [3.63, 3.8) is 0 Å². The molecule has 10 heteroatoms. The molecule has 0 N–H and O–H groups in total. The number of alkyl halides is 3. The first-order chi connectivity index (χ1) is 16.7. The van der Waals surface area contributed by atoms with E-state index in [1.165, 1.54) is 11.9 Å². The number of aldehydes is 1. The summed E-state index contributed by atoms with van der Waals surface area (Å²) < 4.78 is 51.5. The van der Waals surface area contributed by atoms with Crippen molar-refractivity contribution in [2.75, 3.05) is 30.1 Å². The average molecular weight is 510 g/mol. The lowest BCUT2D eigenvalue weighted by atomic mass is 9.95. The normalized spacial score (nSPS) is 21.1. The highest BCUT2D eigenvalue weighted by atomic mass is 35.5. The molecular formula is C25H27ClF3N3O3. The van der Waals surface area contributed by atoms with Crippen LogP contribution in [-0.2, 0) is 4.79 Å². The fourth-order valence-electron chi connectivity index (χ4n) is 4.59. The number of carbonyl (C=O) groups excluding carboxylic acids is 1. The molecule has 2 aliphatic rings. The van der Waals surface area contributed by atoms with E-state index >= 15 is 0 Å². The fraction of sp³-hybridized carbons (Fsp3) is 0.440. The Hall–Kier alpha value is -2.94. The number of anilines is 2. The van der Waals surface area contributed by atoms with Gasteiger partial charge in [-0.15, -0.1) is 0 Å². The van der Waals surface area contributed by atoms with Crippen LogP contribution >= 0.6 is 11.6 Å². The summed E-state index contributed by atoms with van der Waals surface area (Å²) in [7, 11) is 1.62. The van der Waals surface area contributed by atoms with E-state index in [1.54, 1.807) is 31.4 Å².